The summed E-state index contributed by atoms with van der Waals surface area (Å²) in [6, 6.07) is 18.2. The van der Waals surface area contributed by atoms with E-state index in [9.17, 15) is 9.59 Å². The van der Waals surface area contributed by atoms with E-state index in [0.717, 1.165) is 41.1 Å². The molecule has 37 heavy (non-hydrogen) atoms. The Morgan fingerprint density at radius 1 is 1.05 bits per heavy atom. The molecule has 1 aliphatic carbocycles. The summed E-state index contributed by atoms with van der Waals surface area (Å²) >= 11 is 0. The van der Waals surface area contributed by atoms with E-state index in [1.807, 2.05) is 52.0 Å². The molecule has 0 spiro atoms. The lowest BCUT2D eigenvalue weighted by molar-refractivity contribution is -0.136. The third kappa shape index (κ3) is 5.71. The molecule has 2 fully saturated rings. The molecule has 2 N–H and O–H groups in total. The molecule has 2 aliphatic rings. The molecule has 2 unspecified atom stereocenters. The molecule has 1 aromatic heterocycles. The van der Waals surface area contributed by atoms with Crippen LogP contribution in [-0.4, -0.2) is 46.2 Å². The maximum Gasteiger partial charge on any atom is 0.226 e. The summed E-state index contributed by atoms with van der Waals surface area (Å²) < 4.78 is 7.82. The molecule has 1 saturated heterocycles. The molecule has 7 nitrogen and oxygen atoms in total. The summed E-state index contributed by atoms with van der Waals surface area (Å²) in [4.78, 5) is 26.7. The second-order valence-electron chi connectivity index (χ2n) is 10.7. The Bertz CT molecular complexity index is 1230. The number of carbonyl (C=O) groups excluding carboxylic acids is 2. The number of para-hydroxylation sites is 1. The maximum atomic E-state index is 13.3. The monoisotopic (exact) mass is 500 g/mol. The number of hydrogen-bond acceptors (Lipinski definition) is 4. The molecule has 1 aliphatic heterocycles. The molecular formula is C30H36N4O3. The van der Waals surface area contributed by atoms with Gasteiger partial charge >= 0.3 is 0 Å². The fraction of sp³-hybridized carbons (Fsp3) is 0.433. The van der Waals surface area contributed by atoms with Gasteiger partial charge in [0.1, 0.15) is 5.75 Å². The van der Waals surface area contributed by atoms with Gasteiger partial charge < -0.3 is 15.4 Å². The molecule has 2 aromatic carbocycles. The highest BCUT2D eigenvalue weighted by molar-refractivity contribution is 5.84. The van der Waals surface area contributed by atoms with Gasteiger partial charge in [0, 0.05) is 48.2 Å². The summed E-state index contributed by atoms with van der Waals surface area (Å²) in [7, 11) is 0. The highest BCUT2D eigenvalue weighted by atomic mass is 16.5. The van der Waals surface area contributed by atoms with Gasteiger partial charge in [-0.05, 0) is 68.0 Å². The van der Waals surface area contributed by atoms with Gasteiger partial charge in [-0.25, -0.2) is 4.68 Å². The minimum absolute atomic E-state index is 0.0454. The second-order valence-corrected chi connectivity index (χ2v) is 10.7. The van der Waals surface area contributed by atoms with Crippen LogP contribution in [0.15, 0.2) is 60.8 Å². The molecule has 2 amide bonds. The van der Waals surface area contributed by atoms with Crippen LogP contribution in [0.4, 0.5) is 0 Å². The molecular weight excluding hydrogens is 464 g/mol. The number of aromatic nitrogens is 2. The fourth-order valence-corrected chi connectivity index (χ4v) is 5.15. The van der Waals surface area contributed by atoms with Crippen LogP contribution in [0.3, 0.4) is 0 Å². The van der Waals surface area contributed by atoms with Gasteiger partial charge in [0.05, 0.1) is 18.0 Å². The van der Waals surface area contributed by atoms with Crippen LogP contribution in [0.25, 0.3) is 16.9 Å². The van der Waals surface area contributed by atoms with E-state index in [1.54, 1.807) is 0 Å². The van der Waals surface area contributed by atoms with Crippen molar-refractivity contribution in [3.63, 3.8) is 0 Å². The van der Waals surface area contributed by atoms with Crippen molar-refractivity contribution < 1.29 is 14.3 Å². The molecule has 7 heteroatoms. The zero-order chi connectivity index (χ0) is 25.9. The van der Waals surface area contributed by atoms with Crippen molar-refractivity contribution in [2.24, 2.45) is 23.5 Å². The number of nitrogens with two attached hydrogens (primary N) is 1. The van der Waals surface area contributed by atoms with E-state index in [0.29, 0.717) is 38.5 Å². The number of likely N-dealkylation sites (tertiary alicyclic amines) is 1. The van der Waals surface area contributed by atoms with E-state index in [1.165, 1.54) is 0 Å². The highest BCUT2D eigenvalue weighted by Crippen LogP contribution is 2.51. The summed E-state index contributed by atoms with van der Waals surface area (Å²) in [6.45, 7) is 6.29. The Balaban J connectivity index is 1.35. The summed E-state index contributed by atoms with van der Waals surface area (Å²) in [6.07, 6.45) is 5.22. The van der Waals surface area contributed by atoms with Gasteiger partial charge in [0.25, 0.3) is 0 Å². The van der Waals surface area contributed by atoms with Crippen LogP contribution in [0.1, 0.15) is 51.0 Å². The molecule has 2 atom stereocenters. The molecule has 2 heterocycles. The predicted octanol–water partition coefficient (Wildman–Crippen LogP) is 4.79. The normalized spacial score (nSPS) is 19.7. The number of primary amides is 1. The number of hydrogen-bond donors (Lipinski definition) is 1. The molecule has 0 bridgehead atoms. The van der Waals surface area contributed by atoms with Crippen LogP contribution >= 0.6 is 0 Å². The van der Waals surface area contributed by atoms with E-state index >= 15 is 0 Å². The van der Waals surface area contributed by atoms with Crippen LogP contribution in [0.2, 0.25) is 0 Å². The molecule has 0 radical (unpaired) electrons. The Hall–Kier alpha value is -3.61. The lowest BCUT2D eigenvalue weighted by atomic mass is 9.96. The average Bonchev–Trinajstić information content (AvgIpc) is 3.59. The molecule has 3 aromatic rings. The van der Waals surface area contributed by atoms with E-state index in [2.05, 4.69) is 32.2 Å². The Morgan fingerprint density at radius 2 is 1.76 bits per heavy atom. The van der Waals surface area contributed by atoms with Crippen LogP contribution in [-0.2, 0) is 9.59 Å². The predicted molar refractivity (Wildman–Crippen MR) is 143 cm³/mol. The molecule has 1 saturated carbocycles. The first-order valence-electron chi connectivity index (χ1n) is 13.4. The van der Waals surface area contributed by atoms with Crippen molar-refractivity contribution in [1.29, 1.82) is 0 Å². The third-order valence-electron chi connectivity index (χ3n) is 7.57. The lowest BCUT2D eigenvalue weighted by Crippen LogP contribution is -2.42. The molecule has 194 valence electrons. The zero-order valence-electron chi connectivity index (χ0n) is 21.7. The van der Waals surface area contributed by atoms with Gasteiger partial charge in [0.2, 0.25) is 11.8 Å². The largest absolute Gasteiger partial charge is 0.494 e. The fourth-order valence-electron chi connectivity index (χ4n) is 5.15. The first kappa shape index (κ1) is 25.1. The highest BCUT2D eigenvalue weighted by Gasteiger charge is 2.48. The van der Waals surface area contributed by atoms with E-state index in [-0.39, 0.29) is 29.6 Å². The average molecular weight is 501 g/mol. The number of ether oxygens (including phenoxy) is 1. The number of piperidine rings is 1. The Morgan fingerprint density at radius 3 is 2.41 bits per heavy atom. The number of rotatable bonds is 9. The van der Waals surface area contributed by atoms with Gasteiger partial charge in [0.15, 0.2) is 0 Å². The lowest BCUT2D eigenvalue weighted by Gasteiger charge is -2.30. The second kappa shape index (κ2) is 10.8. The Labute approximate surface area is 218 Å². The van der Waals surface area contributed by atoms with Crippen LogP contribution < -0.4 is 10.5 Å². The number of carbonyl (C=O) groups is 2. The van der Waals surface area contributed by atoms with Crippen molar-refractivity contribution in [3.8, 4) is 22.7 Å². The SMILES string of the molecule is CC(C)CCOc1ccc(-c2nn(-c3ccccc3)cc2C2CC2C(=O)N2CCC(C(N)=O)CC2)cc1. The number of amides is 2. The summed E-state index contributed by atoms with van der Waals surface area (Å²) in [5, 5.41) is 4.96. The van der Waals surface area contributed by atoms with Crippen LogP contribution in [0.5, 0.6) is 5.75 Å². The minimum atomic E-state index is -0.259. The summed E-state index contributed by atoms with van der Waals surface area (Å²) in [5.41, 5.74) is 9.48. The van der Waals surface area contributed by atoms with Crippen molar-refractivity contribution >= 4 is 11.8 Å². The Kier molecular flexibility index (Phi) is 7.31. The van der Waals surface area contributed by atoms with Gasteiger partial charge in [-0.15, -0.1) is 0 Å². The first-order valence-corrected chi connectivity index (χ1v) is 13.4. The van der Waals surface area contributed by atoms with Gasteiger partial charge in [-0.2, -0.15) is 5.10 Å². The number of nitrogens with zero attached hydrogens (tertiary/aromatic N) is 3. The van der Waals surface area contributed by atoms with E-state index < -0.39 is 0 Å². The van der Waals surface area contributed by atoms with Gasteiger partial charge in [-0.1, -0.05) is 32.0 Å². The number of benzene rings is 2. The van der Waals surface area contributed by atoms with Crippen molar-refractivity contribution in [2.75, 3.05) is 19.7 Å². The van der Waals surface area contributed by atoms with Crippen LogP contribution in [0, 0.1) is 17.8 Å². The molecule has 5 rings (SSSR count). The van der Waals surface area contributed by atoms with Crippen molar-refractivity contribution in [3.05, 3.63) is 66.4 Å². The quantitative estimate of drug-likeness (QED) is 0.457. The summed E-state index contributed by atoms with van der Waals surface area (Å²) in [5.74, 6) is 1.35. The van der Waals surface area contributed by atoms with Gasteiger partial charge in [-0.3, -0.25) is 9.59 Å². The minimum Gasteiger partial charge on any atom is -0.494 e. The first-order chi connectivity index (χ1) is 17.9. The maximum absolute atomic E-state index is 13.3. The zero-order valence-corrected chi connectivity index (χ0v) is 21.7. The van der Waals surface area contributed by atoms with Crippen molar-refractivity contribution in [2.45, 2.75) is 45.4 Å². The third-order valence-corrected chi connectivity index (χ3v) is 7.57. The van der Waals surface area contributed by atoms with Crippen molar-refractivity contribution in [1.82, 2.24) is 14.7 Å². The topological polar surface area (TPSA) is 90.5 Å². The van der Waals surface area contributed by atoms with E-state index in [4.69, 9.17) is 15.6 Å². The standard InChI is InChI=1S/C30H36N4O3/c1-20(2)14-17-37-24-10-8-21(9-11-24)28-27(19-34(32-28)23-6-4-3-5-7-23)25-18-26(25)30(36)33-15-12-22(13-16-33)29(31)35/h3-11,19-20,22,25-26H,12-18H2,1-2H3,(H2,31,35). The smallest absolute Gasteiger partial charge is 0.226 e.